The Morgan fingerprint density at radius 2 is 2.23 bits per heavy atom. The van der Waals surface area contributed by atoms with Gasteiger partial charge in [0.2, 0.25) is 5.91 Å². The van der Waals surface area contributed by atoms with Gasteiger partial charge in [-0.2, -0.15) is 0 Å². The van der Waals surface area contributed by atoms with E-state index in [2.05, 4.69) is 11.9 Å². The van der Waals surface area contributed by atoms with Crippen LogP contribution in [0.4, 0.5) is 0 Å². The molecule has 0 aromatic carbocycles. The minimum absolute atomic E-state index is 0.132. The summed E-state index contributed by atoms with van der Waals surface area (Å²) >= 11 is 0. The molecule has 0 aliphatic heterocycles. The lowest BCUT2D eigenvalue weighted by atomic mass is 10.1. The molecule has 0 heterocycles. The van der Waals surface area contributed by atoms with Crippen LogP contribution in [-0.4, -0.2) is 24.7 Å². The van der Waals surface area contributed by atoms with Gasteiger partial charge in [0.1, 0.15) is 0 Å². The highest BCUT2D eigenvalue weighted by atomic mass is 16.5. The molecule has 0 aromatic heterocycles. The van der Waals surface area contributed by atoms with E-state index in [0.29, 0.717) is 13.2 Å². The van der Waals surface area contributed by atoms with Gasteiger partial charge >= 0.3 is 0 Å². The first kappa shape index (κ1) is 12.2. The van der Waals surface area contributed by atoms with Crippen molar-refractivity contribution in [1.29, 1.82) is 0 Å². The monoisotopic (exact) mass is 185 g/mol. The fourth-order valence-electron chi connectivity index (χ4n) is 1.02. The third kappa shape index (κ3) is 6.34. The number of ether oxygens (including phenoxy) is 1. The minimum atomic E-state index is -0.163. The van der Waals surface area contributed by atoms with Gasteiger partial charge in [0, 0.05) is 13.2 Å². The van der Waals surface area contributed by atoms with Crippen LogP contribution in [0.5, 0.6) is 0 Å². The molecule has 0 saturated carbocycles. The Labute approximate surface area is 80.2 Å². The molecule has 0 spiro atoms. The van der Waals surface area contributed by atoms with Crippen molar-refractivity contribution in [1.82, 2.24) is 5.32 Å². The largest absolute Gasteiger partial charge is 0.376 e. The van der Waals surface area contributed by atoms with E-state index in [-0.39, 0.29) is 11.5 Å². The smallest absolute Gasteiger partial charge is 0.243 e. The number of carbonyl (C=O) groups excluding carboxylic acids is 1. The van der Waals surface area contributed by atoms with Gasteiger partial charge in [-0.05, 0) is 33.3 Å². The second-order valence-corrected chi connectivity index (χ2v) is 3.44. The van der Waals surface area contributed by atoms with Gasteiger partial charge in [0.05, 0.1) is 5.60 Å². The zero-order valence-electron chi connectivity index (χ0n) is 8.72. The van der Waals surface area contributed by atoms with E-state index >= 15 is 0 Å². The highest BCUT2D eigenvalue weighted by Gasteiger charge is 2.16. The van der Waals surface area contributed by atoms with E-state index in [1.807, 2.05) is 20.8 Å². The Morgan fingerprint density at radius 3 is 2.69 bits per heavy atom. The van der Waals surface area contributed by atoms with Crippen LogP contribution in [0.25, 0.3) is 0 Å². The van der Waals surface area contributed by atoms with E-state index in [4.69, 9.17) is 4.74 Å². The Hall–Kier alpha value is -0.830. The zero-order valence-corrected chi connectivity index (χ0v) is 8.72. The molecular weight excluding hydrogens is 166 g/mol. The average Bonchev–Trinajstić information content (AvgIpc) is 2.03. The molecule has 0 aromatic rings. The van der Waals surface area contributed by atoms with Crippen molar-refractivity contribution in [3.8, 4) is 0 Å². The lowest BCUT2D eigenvalue weighted by molar-refractivity contribution is -0.116. The third-order valence-corrected chi connectivity index (χ3v) is 1.75. The Morgan fingerprint density at radius 1 is 1.62 bits per heavy atom. The molecule has 0 radical (unpaired) electrons. The second-order valence-electron chi connectivity index (χ2n) is 3.44. The normalized spacial score (nSPS) is 11.0. The molecule has 13 heavy (non-hydrogen) atoms. The van der Waals surface area contributed by atoms with Crippen LogP contribution in [0, 0.1) is 0 Å². The van der Waals surface area contributed by atoms with Crippen LogP contribution in [0.2, 0.25) is 0 Å². The van der Waals surface area contributed by atoms with Crippen LogP contribution < -0.4 is 5.32 Å². The fourth-order valence-corrected chi connectivity index (χ4v) is 1.02. The maximum atomic E-state index is 10.8. The molecule has 0 rings (SSSR count). The van der Waals surface area contributed by atoms with Gasteiger partial charge in [-0.3, -0.25) is 4.79 Å². The lowest BCUT2D eigenvalue weighted by Gasteiger charge is -2.24. The van der Waals surface area contributed by atoms with Crippen molar-refractivity contribution in [3.05, 3.63) is 12.7 Å². The maximum Gasteiger partial charge on any atom is 0.243 e. The first-order valence-electron chi connectivity index (χ1n) is 4.56. The summed E-state index contributed by atoms with van der Waals surface area (Å²) in [6.45, 7) is 10.7. The Balaban J connectivity index is 3.62. The second kappa shape index (κ2) is 5.75. The summed E-state index contributed by atoms with van der Waals surface area (Å²) in [5, 5.41) is 2.71. The van der Waals surface area contributed by atoms with Gasteiger partial charge in [-0.1, -0.05) is 6.58 Å². The van der Waals surface area contributed by atoms with Crippen LogP contribution >= 0.6 is 0 Å². The molecular formula is C10H19NO2. The van der Waals surface area contributed by atoms with Crippen LogP contribution in [0.15, 0.2) is 12.7 Å². The van der Waals surface area contributed by atoms with Crippen LogP contribution in [0.1, 0.15) is 27.2 Å². The SMILES string of the molecule is C=CC(=O)NCCC(C)(C)OCC. The lowest BCUT2D eigenvalue weighted by Crippen LogP contribution is -2.32. The van der Waals surface area contributed by atoms with Crippen molar-refractivity contribution in [2.75, 3.05) is 13.2 Å². The summed E-state index contributed by atoms with van der Waals surface area (Å²) in [5.74, 6) is -0.132. The summed E-state index contributed by atoms with van der Waals surface area (Å²) in [7, 11) is 0. The van der Waals surface area contributed by atoms with Crippen LogP contribution in [-0.2, 0) is 9.53 Å². The van der Waals surface area contributed by atoms with Crippen LogP contribution in [0.3, 0.4) is 0 Å². The Kier molecular flexibility index (Phi) is 5.39. The van der Waals surface area contributed by atoms with E-state index in [9.17, 15) is 4.79 Å². The van der Waals surface area contributed by atoms with Crippen molar-refractivity contribution in [3.63, 3.8) is 0 Å². The van der Waals surface area contributed by atoms with Gasteiger partial charge in [-0.25, -0.2) is 0 Å². The number of nitrogens with one attached hydrogen (secondary N) is 1. The van der Waals surface area contributed by atoms with E-state index in [1.165, 1.54) is 6.08 Å². The summed E-state index contributed by atoms with van der Waals surface area (Å²) in [5.41, 5.74) is -0.163. The number of hydrogen-bond acceptors (Lipinski definition) is 2. The van der Waals surface area contributed by atoms with Gasteiger partial charge in [0.25, 0.3) is 0 Å². The summed E-state index contributed by atoms with van der Waals surface area (Å²) in [6, 6.07) is 0. The molecule has 1 amide bonds. The van der Waals surface area contributed by atoms with Crippen molar-refractivity contribution >= 4 is 5.91 Å². The highest BCUT2D eigenvalue weighted by molar-refractivity contribution is 5.86. The molecule has 3 nitrogen and oxygen atoms in total. The molecule has 0 fully saturated rings. The predicted octanol–water partition coefficient (Wildman–Crippen LogP) is 1.49. The standard InChI is InChI=1S/C10H19NO2/c1-5-9(12)11-8-7-10(3,4)13-6-2/h5H,1,6-8H2,2-4H3,(H,11,12). The van der Waals surface area contributed by atoms with Gasteiger partial charge in [0.15, 0.2) is 0 Å². The predicted molar refractivity (Wildman–Crippen MR) is 53.5 cm³/mol. The van der Waals surface area contributed by atoms with E-state index < -0.39 is 0 Å². The van der Waals surface area contributed by atoms with Gasteiger partial charge < -0.3 is 10.1 Å². The topological polar surface area (TPSA) is 38.3 Å². The highest BCUT2D eigenvalue weighted by Crippen LogP contribution is 2.12. The first-order chi connectivity index (χ1) is 6.02. The summed E-state index contributed by atoms with van der Waals surface area (Å²) < 4.78 is 5.47. The third-order valence-electron chi connectivity index (χ3n) is 1.75. The molecule has 0 bridgehead atoms. The van der Waals surface area contributed by atoms with Crippen molar-refractivity contribution in [2.24, 2.45) is 0 Å². The number of carbonyl (C=O) groups is 1. The minimum Gasteiger partial charge on any atom is -0.376 e. The number of amides is 1. The van der Waals surface area contributed by atoms with Crippen molar-refractivity contribution in [2.45, 2.75) is 32.8 Å². The molecule has 0 atom stereocenters. The maximum absolute atomic E-state index is 10.8. The quantitative estimate of drug-likeness (QED) is 0.637. The molecule has 1 N–H and O–H groups in total. The Bertz CT molecular complexity index is 176. The number of hydrogen-bond donors (Lipinski definition) is 1. The molecule has 3 heteroatoms. The van der Waals surface area contributed by atoms with E-state index in [1.54, 1.807) is 0 Å². The summed E-state index contributed by atoms with van der Waals surface area (Å²) in [4.78, 5) is 10.8. The molecule has 76 valence electrons. The van der Waals surface area contributed by atoms with Crippen molar-refractivity contribution < 1.29 is 9.53 Å². The summed E-state index contributed by atoms with van der Waals surface area (Å²) in [6.07, 6.45) is 2.08. The molecule has 0 aliphatic carbocycles. The first-order valence-corrected chi connectivity index (χ1v) is 4.56. The van der Waals surface area contributed by atoms with E-state index in [0.717, 1.165) is 6.42 Å². The molecule has 0 aliphatic rings. The zero-order chi connectivity index (χ0) is 10.3. The number of rotatable bonds is 6. The molecule has 0 saturated heterocycles. The average molecular weight is 185 g/mol. The van der Waals surface area contributed by atoms with Gasteiger partial charge in [-0.15, -0.1) is 0 Å². The fraction of sp³-hybridized carbons (Fsp3) is 0.700. The molecule has 0 unspecified atom stereocenters.